The van der Waals surface area contributed by atoms with Crippen LogP contribution in [0.4, 0.5) is 4.39 Å². The van der Waals surface area contributed by atoms with Crippen LogP contribution in [0.5, 0.6) is 0 Å². The number of pyridine rings is 2. The molecule has 0 aliphatic carbocycles. The third-order valence-electron chi connectivity index (χ3n) is 12.9. The number of rotatable bonds is 9. The molecule has 0 fully saturated rings. The van der Waals surface area contributed by atoms with Crippen molar-refractivity contribution in [2.75, 3.05) is 0 Å². The Morgan fingerprint density at radius 3 is 1.87 bits per heavy atom. The van der Waals surface area contributed by atoms with Gasteiger partial charge in [-0.2, -0.15) is 5.26 Å². The van der Waals surface area contributed by atoms with Crippen molar-refractivity contribution < 1.29 is 33.3 Å². The van der Waals surface area contributed by atoms with Crippen LogP contribution in [0.25, 0.3) is 78.1 Å². The average molecular weight is 1090 g/mol. The number of aromatic nitrogens is 3. The Balaban J connectivity index is 0.000000329. The molecule has 0 amide bonds. The van der Waals surface area contributed by atoms with Crippen molar-refractivity contribution in [1.82, 2.24) is 15.0 Å². The normalized spacial score (nSPS) is 11.9. The molecule has 9 aromatic rings. The van der Waals surface area contributed by atoms with Crippen molar-refractivity contribution >= 4 is 33.0 Å². The molecule has 4 aromatic heterocycles. The van der Waals surface area contributed by atoms with E-state index in [-0.39, 0.29) is 43.2 Å². The number of nitrogens with zero attached hydrogens (tertiary/aromatic N) is 4. The summed E-state index contributed by atoms with van der Waals surface area (Å²) in [6, 6.07) is 38.4. The van der Waals surface area contributed by atoms with Crippen LogP contribution in [0.15, 0.2) is 112 Å². The van der Waals surface area contributed by atoms with E-state index >= 15 is 0 Å². The molecule has 1 radical (unpaired) electrons. The van der Waals surface area contributed by atoms with E-state index in [0.29, 0.717) is 51.5 Å². The third kappa shape index (κ3) is 10.1. The van der Waals surface area contributed by atoms with Crippen molar-refractivity contribution in [3.05, 3.63) is 160 Å². The van der Waals surface area contributed by atoms with E-state index in [9.17, 15) is 9.65 Å². The van der Waals surface area contributed by atoms with Gasteiger partial charge in [-0.15, -0.1) is 48.0 Å². The van der Waals surface area contributed by atoms with Crippen molar-refractivity contribution in [1.29, 1.82) is 5.26 Å². The number of benzene rings is 5. The molecule has 0 bridgehead atoms. The first-order valence-electron chi connectivity index (χ1n) is 23.9. The monoisotopic (exact) mass is 1090 g/mol. The standard InChI is InChI=1S/C46H46N3O2.C15H15FN.Ir/c1-24(2)30-19-35(27(7)8)41(36(20-30)28(9)10)29-17-18-48-39(21-29)34-16-12-15-33-37-22-40-43(38(23-47)45(37)51-44(33)34)49-46(50-40)42-31(25(3)4)13-11-14-32(42)26(5)6;1-15(2,3)12-6-9-14(17-10-12)11-4-7-13(16)8-5-11;/h11-15,17-22,24-28H,1-10H3;4,6-10H,1-3H3;/q2*-1;. The van der Waals surface area contributed by atoms with Gasteiger partial charge in [0, 0.05) is 49.3 Å². The van der Waals surface area contributed by atoms with E-state index in [2.05, 4.69) is 162 Å². The number of nitriles is 1. The first-order chi connectivity index (χ1) is 32.4. The molecule has 9 rings (SSSR count). The third-order valence-corrected chi connectivity index (χ3v) is 12.9. The zero-order chi connectivity index (χ0) is 48.8. The van der Waals surface area contributed by atoms with Gasteiger partial charge in [-0.05, 0) is 103 Å². The zero-order valence-electron chi connectivity index (χ0n) is 42.0. The zero-order valence-corrected chi connectivity index (χ0v) is 44.4. The molecule has 0 unspecified atom stereocenters. The summed E-state index contributed by atoms with van der Waals surface area (Å²) in [5.41, 5.74) is 16.8. The second-order valence-corrected chi connectivity index (χ2v) is 20.5. The minimum atomic E-state index is -0.278. The SMILES string of the molecule is CC(C)(C)c1ccc(-c2[c-]cc(F)cc2)nc1.CC(C)c1cc(C(C)C)c(-c2ccnc(-c3[c-]ccc4c3oc3c(C#N)c5nc(-c6c(C(C)C)cccc6C(C)C)oc5cc34)c2)c(C(C)C)c1.[Ir]. The van der Waals surface area contributed by atoms with Crippen LogP contribution in [-0.2, 0) is 25.5 Å². The molecule has 5 aromatic carbocycles. The molecule has 6 nitrogen and oxygen atoms in total. The molecule has 0 saturated carbocycles. The Morgan fingerprint density at radius 1 is 0.652 bits per heavy atom. The smallest absolute Gasteiger partial charge is 0.227 e. The van der Waals surface area contributed by atoms with Crippen LogP contribution in [0.1, 0.15) is 159 Å². The molecule has 8 heteroatoms. The Kier molecular flexibility index (Phi) is 14.9. The maximum Gasteiger partial charge on any atom is 0.227 e. The first kappa shape index (κ1) is 50.6. The Hall–Kier alpha value is -6.26. The van der Waals surface area contributed by atoms with Gasteiger partial charge in [-0.25, -0.2) is 4.98 Å². The largest absolute Gasteiger partial charge is 0.499 e. The maximum atomic E-state index is 12.8. The summed E-state index contributed by atoms with van der Waals surface area (Å²) in [5.74, 6) is 1.96. The van der Waals surface area contributed by atoms with Crippen molar-refractivity contribution in [3.8, 4) is 51.2 Å². The summed E-state index contributed by atoms with van der Waals surface area (Å²) < 4.78 is 26.0. The summed E-state index contributed by atoms with van der Waals surface area (Å²) in [4.78, 5) is 14.2. The summed E-state index contributed by atoms with van der Waals surface area (Å²) in [7, 11) is 0. The maximum absolute atomic E-state index is 12.8. The van der Waals surface area contributed by atoms with Gasteiger partial charge in [0.2, 0.25) is 5.89 Å². The molecule has 4 heterocycles. The second-order valence-electron chi connectivity index (χ2n) is 20.5. The van der Waals surface area contributed by atoms with Gasteiger partial charge < -0.3 is 18.8 Å². The van der Waals surface area contributed by atoms with Crippen molar-refractivity contribution in [2.24, 2.45) is 0 Å². The van der Waals surface area contributed by atoms with Crippen molar-refractivity contribution in [2.45, 2.75) is 125 Å². The topological polar surface area (TPSA) is 88.7 Å². The molecule has 0 aliphatic rings. The van der Waals surface area contributed by atoms with Gasteiger partial charge in [0.1, 0.15) is 22.7 Å². The van der Waals surface area contributed by atoms with Gasteiger partial charge in [0.25, 0.3) is 0 Å². The first-order valence-corrected chi connectivity index (χ1v) is 23.9. The van der Waals surface area contributed by atoms with Crippen LogP contribution in [0.2, 0.25) is 0 Å². The van der Waals surface area contributed by atoms with E-state index in [1.807, 2.05) is 36.7 Å². The fraction of sp³-hybridized carbons (Fsp3) is 0.311. The number of oxazole rings is 1. The minimum absolute atomic E-state index is 0. The molecule has 0 saturated heterocycles. The second kappa shape index (κ2) is 20.4. The summed E-state index contributed by atoms with van der Waals surface area (Å²) in [6.07, 6.45) is 3.75. The Morgan fingerprint density at radius 2 is 1.32 bits per heavy atom. The van der Waals surface area contributed by atoms with E-state index in [0.717, 1.165) is 44.4 Å². The van der Waals surface area contributed by atoms with Gasteiger partial charge in [0.05, 0.1) is 5.58 Å². The summed E-state index contributed by atoms with van der Waals surface area (Å²) >= 11 is 0. The summed E-state index contributed by atoms with van der Waals surface area (Å²) in [6.45, 7) is 28.8. The van der Waals surface area contributed by atoms with Gasteiger partial charge in [0.15, 0.2) is 5.58 Å². The molecule has 0 spiro atoms. The molecule has 69 heavy (non-hydrogen) atoms. The minimum Gasteiger partial charge on any atom is -0.499 e. The predicted molar refractivity (Wildman–Crippen MR) is 277 cm³/mol. The number of fused-ring (bicyclic) bond motifs is 4. The fourth-order valence-electron chi connectivity index (χ4n) is 9.03. The van der Waals surface area contributed by atoms with E-state index in [4.69, 9.17) is 18.8 Å². The Labute approximate surface area is 420 Å². The Bertz CT molecular complexity index is 3270. The fourth-order valence-corrected chi connectivity index (χ4v) is 9.03. The van der Waals surface area contributed by atoms with Gasteiger partial charge in [-0.1, -0.05) is 149 Å². The van der Waals surface area contributed by atoms with Crippen LogP contribution in [0, 0.1) is 29.3 Å². The van der Waals surface area contributed by atoms with Gasteiger partial charge in [-0.3, -0.25) is 4.39 Å². The number of furan rings is 1. The summed E-state index contributed by atoms with van der Waals surface area (Å²) in [5, 5.41) is 12.2. The number of hydrogen-bond acceptors (Lipinski definition) is 6. The molecule has 0 atom stereocenters. The van der Waals surface area contributed by atoms with Crippen LogP contribution >= 0.6 is 0 Å². The van der Waals surface area contributed by atoms with E-state index < -0.39 is 0 Å². The molecule has 355 valence electrons. The van der Waals surface area contributed by atoms with E-state index in [1.54, 1.807) is 6.07 Å². The van der Waals surface area contributed by atoms with Crippen LogP contribution in [0.3, 0.4) is 0 Å². The predicted octanol–water partition coefficient (Wildman–Crippen LogP) is 17.4. The molecule has 0 aliphatic heterocycles. The quantitative estimate of drug-likeness (QED) is 0.134. The molecule has 0 N–H and O–H groups in total. The molecular weight excluding hydrogens is 1030 g/mol. The van der Waals surface area contributed by atoms with Gasteiger partial charge >= 0.3 is 0 Å². The van der Waals surface area contributed by atoms with Crippen molar-refractivity contribution in [3.63, 3.8) is 0 Å². The average Bonchev–Trinajstić information content (AvgIpc) is 3.91. The number of halogens is 1. The van der Waals surface area contributed by atoms with Crippen LogP contribution in [-0.4, -0.2) is 15.0 Å². The van der Waals surface area contributed by atoms with E-state index in [1.165, 1.54) is 51.1 Å². The molecular formula is C61H61FIrN4O2-2. The van der Waals surface area contributed by atoms with Crippen LogP contribution < -0.4 is 0 Å². The number of hydrogen-bond donors (Lipinski definition) is 0.